The van der Waals surface area contributed by atoms with E-state index in [1.807, 2.05) is 25.1 Å². The minimum absolute atomic E-state index is 0.260. The Bertz CT molecular complexity index is 467. The highest BCUT2D eigenvalue weighted by Gasteiger charge is 2.09. The molecule has 0 fully saturated rings. The van der Waals surface area contributed by atoms with Gasteiger partial charge in [-0.3, -0.25) is 0 Å². The summed E-state index contributed by atoms with van der Waals surface area (Å²) in [7, 11) is 0. The van der Waals surface area contributed by atoms with Gasteiger partial charge in [0.25, 0.3) is 0 Å². The Morgan fingerprint density at radius 3 is 3.00 bits per heavy atom. The van der Waals surface area contributed by atoms with Crippen molar-refractivity contribution in [3.05, 3.63) is 23.8 Å². The Balaban J connectivity index is 2.41. The first-order valence-corrected chi connectivity index (χ1v) is 4.80. The van der Waals surface area contributed by atoms with E-state index in [-0.39, 0.29) is 13.2 Å². The van der Waals surface area contributed by atoms with Gasteiger partial charge in [-0.05, 0) is 18.6 Å². The van der Waals surface area contributed by atoms with Crippen molar-refractivity contribution < 1.29 is 10.2 Å². The fourth-order valence-corrected chi connectivity index (χ4v) is 1.52. The van der Waals surface area contributed by atoms with Crippen LogP contribution in [0.4, 0.5) is 0 Å². The van der Waals surface area contributed by atoms with Gasteiger partial charge < -0.3 is 10.2 Å². The molecule has 5 heteroatoms. The summed E-state index contributed by atoms with van der Waals surface area (Å²) in [5.41, 5.74) is 2.77. The zero-order chi connectivity index (χ0) is 10.8. The first-order valence-electron chi connectivity index (χ1n) is 4.80. The Labute approximate surface area is 87.0 Å². The van der Waals surface area contributed by atoms with Crippen LogP contribution in [-0.4, -0.2) is 37.9 Å². The smallest absolute Gasteiger partial charge is 0.116 e. The molecule has 0 saturated carbocycles. The Morgan fingerprint density at radius 2 is 2.27 bits per heavy atom. The maximum absolute atomic E-state index is 9.32. The largest absolute Gasteiger partial charge is 0.394 e. The van der Waals surface area contributed by atoms with Crippen molar-refractivity contribution in [2.75, 3.05) is 6.61 Å². The molecular weight excluding hydrogens is 194 g/mol. The van der Waals surface area contributed by atoms with Gasteiger partial charge >= 0.3 is 0 Å². The summed E-state index contributed by atoms with van der Waals surface area (Å²) >= 11 is 0. The Kier molecular flexibility index (Phi) is 2.66. The van der Waals surface area contributed by atoms with Crippen molar-refractivity contribution in [1.29, 1.82) is 0 Å². The predicted molar refractivity (Wildman–Crippen MR) is 55.4 cm³/mol. The van der Waals surface area contributed by atoms with Crippen LogP contribution in [0.15, 0.2) is 18.2 Å². The lowest BCUT2D eigenvalue weighted by atomic mass is 10.2. The van der Waals surface area contributed by atoms with Crippen LogP contribution in [0.25, 0.3) is 11.0 Å². The summed E-state index contributed by atoms with van der Waals surface area (Å²) < 4.78 is 1.60. The van der Waals surface area contributed by atoms with E-state index in [9.17, 15) is 5.11 Å². The fraction of sp³-hybridized carbons (Fsp3) is 0.400. The van der Waals surface area contributed by atoms with E-state index in [0.717, 1.165) is 16.6 Å². The number of benzene rings is 1. The zero-order valence-electron chi connectivity index (χ0n) is 8.46. The van der Waals surface area contributed by atoms with Gasteiger partial charge in [0.15, 0.2) is 0 Å². The van der Waals surface area contributed by atoms with E-state index in [1.54, 1.807) is 4.68 Å². The third-order valence-corrected chi connectivity index (χ3v) is 2.34. The van der Waals surface area contributed by atoms with Crippen LogP contribution in [0.1, 0.15) is 5.56 Å². The maximum atomic E-state index is 9.32. The SMILES string of the molecule is Cc1cccc2c1nnn2CC(O)CO. The first kappa shape index (κ1) is 10.1. The van der Waals surface area contributed by atoms with Gasteiger partial charge in [0.2, 0.25) is 0 Å². The van der Waals surface area contributed by atoms with Gasteiger partial charge in [-0.2, -0.15) is 0 Å². The fourth-order valence-electron chi connectivity index (χ4n) is 1.52. The van der Waals surface area contributed by atoms with Gasteiger partial charge in [-0.25, -0.2) is 4.68 Å². The summed E-state index contributed by atoms with van der Waals surface area (Å²) in [6, 6.07) is 5.78. The average Bonchev–Trinajstić information content (AvgIpc) is 2.63. The van der Waals surface area contributed by atoms with E-state index < -0.39 is 6.10 Å². The number of hydrogen-bond donors (Lipinski definition) is 2. The molecule has 80 valence electrons. The second kappa shape index (κ2) is 3.96. The molecule has 0 aliphatic carbocycles. The quantitative estimate of drug-likeness (QED) is 0.748. The topological polar surface area (TPSA) is 71.2 Å². The molecule has 5 nitrogen and oxygen atoms in total. The Hall–Kier alpha value is -1.46. The van der Waals surface area contributed by atoms with Crippen LogP contribution < -0.4 is 0 Å². The molecule has 1 aromatic heterocycles. The maximum Gasteiger partial charge on any atom is 0.116 e. The van der Waals surface area contributed by atoms with Gasteiger partial charge in [0.05, 0.1) is 24.8 Å². The molecule has 0 saturated heterocycles. The lowest BCUT2D eigenvalue weighted by molar-refractivity contribution is 0.0788. The van der Waals surface area contributed by atoms with Crippen molar-refractivity contribution >= 4 is 11.0 Å². The van der Waals surface area contributed by atoms with Crippen molar-refractivity contribution in [2.24, 2.45) is 0 Å². The van der Waals surface area contributed by atoms with E-state index in [4.69, 9.17) is 5.11 Å². The zero-order valence-corrected chi connectivity index (χ0v) is 8.46. The molecule has 1 atom stereocenters. The van der Waals surface area contributed by atoms with E-state index >= 15 is 0 Å². The number of fused-ring (bicyclic) bond motifs is 1. The summed E-state index contributed by atoms with van der Waals surface area (Å²) in [6.45, 7) is 1.95. The second-order valence-electron chi connectivity index (χ2n) is 3.55. The second-order valence-corrected chi connectivity index (χ2v) is 3.55. The van der Waals surface area contributed by atoms with Crippen LogP contribution in [-0.2, 0) is 6.54 Å². The first-order chi connectivity index (χ1) is 7.22. The Morgan fingerprint density at radius 1 is 1.47 bits per heavy atom. The number of hydrogen-bond acceptors (Lipinski definition) is 4. The molecule has 2 rings (SSSR count). The minimum atomic E-state index is -0.796. The van der Waals surface area contributed by atoms with Gasteiger partial charge in [0.1, 0.15) is 5.52 Å². The summed E-state index contributed by atoms with van der Waals surface area (Å²) in [6.07, 6.45) is -0.796. The molecular formula is C10H13N3O2. The molecule has 2 aromatic rings. The lowest BCUT2D eigenvalue weighted by Crippen LogP contribution is -2.20. The summed E-state index contributed by atoms with van der Waals surface area (Å²) in [5.74, 6) is 0. The molecule has 1 heterocycles. The molecule has 0 radical (unpaired) electrons. The highest BCUT2D eigenvalue weighted by Crippen LogP contribution is 2.14. The number of aryl methyl sites for hydroxylation is 1. The van der Waals surface area contributed by atoms with E-state index in [2.05, 4.69) is 10.3 Å². The van der Waals surface area contributed by atoms with Crippen LogP contribution >= 0.6 is 0 Å². The molecule has 1 aromatic carbocycles. The molecule has 0 aliphatic heterocycles. The van der Waals surface area contributed by atoms with E-state index in [0.29, 0.717) is 0 Å². The minimum Gasteiger partial charge on any atom is -0.394 e. The van der Waals surface area contributed by atoms with Crippen molar-refractivity contribution in [1.82, 2.24) is 15.0 Å². The molecule has 0 amide bonds. The highest BCUT2D eigenvalue weighted by atomic mass is 16.3. The number of rotatable bonds is 3. The van der Waals surface area contributed by atoms with Crippen LogP contribution in [0.5, 0.6) is 0 Å². The summed E-state index contributed by atoms with van der Waals surface area (Å²) in [4.78, 5) is 0. The average molecular weight is 207 g/mol. The third-order valence-electron chi connectivity index (χ3n) is 2.34. The number of aromatic nitrogens is 3. The lowest BCUT2D eigenvalue weighted by Gasteiger charge is -2.06. The van der Waals surface area contributed by atoms with Gasteiger partial charge in [-0.15, -0.1) is 5.10 Å². The third kappa shape index (κ3) is 1.84. The number of aliphatic hydroxyl groups is 2. The molecule has 0 aliphatic rings. The normalized spacial score (nSPS) is 13.3. The monoisotopic (exact) mass is 207 g/mol. The summed E-state index contributed by atoms with van der Waals surface area (Å²) in [5, 5.41) is 26.0. The van der Waals surface area contributed by atoms with Gasteiger partial charge in [-0.1, -0.05) is 17.3 Å². The van der Waals surface area contributed by atoms with Crippen LogP contribution in [0.3, 0.4) is 0 Å². The predicted octanol–water partition coefficient (Wildman–Crippen LogP) is 0.0929. The van der Waals surface area contributed by atoms with Gasteiger partial charge in [0, 0.05) is 0 Å². The molecule has 15 heavy (non-hydrogen) atoms. The highest BCUT2D eigenvalue weighted by molar-refractivity contribution is 5.77. The molecule has 0 spiro atoms. The van der Waals surface area contributed by atoms with E-state index in [1.165, 1.54) is 0 Å². The van der Waals surface area contributed by atoms with Crippen molar-refractivity contribution in [3.8, 4) is 0 Å². The van der Waals surface area contributed by atoms with Crippen molar-refractivity contribution in [3.63, 3.8) is 0 Å². The molecule has 1 unspecified atom stereocenters. The molecule has 0 bridgehead atoms. The number of aliphatic hydroxyl groups excluding tert-OH is 2. The van der Waals surface area contributed by atoms with Crippen molar-refractivity contribution in [2.45, 2.75) is 19.6 Å². The van der Waals surface area contributed by atoms with Crippen LogP contribution in [0, 0.1) is 6.92 Å². The molecule has 2 N–H and O–H groups in total. The standard InChI is InChI=1S/C10H13N3O2/c1-7-3-2-4-9-10(7)11-12-13(9)5-8(15)6-14/h2-4,8,14-15H,5-6H2,1H3. The van der Waals surface area contributed by atoms with Crippen LogP contribution in [0.2, 0.25) is 0 Å². The number of nitrogens with zero attached hydrogens (tertiary/aromatic N) is 3.